The molecule has 202 valence electrons. The first-order chi connectivity index (χ1) is 18.1. The number of sulfonamides is 1. The first-order valence-electron chi connectivity index (χ1n) is 12.1. The van der Waals surface area contributed by atoms with Crippen LogP contribution < -0.4 is 9.62 Å². The smallest absolute Gasteiger partial charge is 0.242 e. The van der Waals surface area contributed by atoms with E-state index in [2.05, 4.69) is 5.32 Å². The summed E-state index contributed by atoms with van der Waals surface area (Å²) in [6.07, 6.45) is 1.35. The van der Waals surface area contributed by atoms with Crippen molar-refractivity contribution in [1.29, 1.82) is 0 Å². The predicted octanol–water partition coefficient (Wildman–Crippen LogP) is 4.41. The SMILES string of the molecule is CNC(=O)C(Cc1ccccc1)N(Cc1cccc(Cl)c1)C(=O)CCCN(c1ccccc1F)S(C)(=O)=O. The summed E-state index contributed by atoms with van der Waals surface area (Å²) >= 11 is 6.16. The van der Waals surface area contributed by atoms with Crippen LogP contribution in [0.5, 0.6) is 0 Å². The fourth-order valence-electron chi connectivity index (χ4n) is 4.19. The quantitative estimate of drug-likeness (QED) is 0.356. The van der Waals surface area contributed by atoms with Crippen molar-refractivity contribution < 1.29 is 22.4 Å². The number of para-hydroxylation sites is 1. The Bertz CT molecular complexity index is 1350. The van der Waals surface area contributed by atoms with Crippen LogP contribution in [0.3, 0.4) is 0 Å². The van der Waals surface area contributed by atoms with E-state index in [1.54, 1.807) is 24.3 Å². The number of carbonyl (C=O) groups is 2. The van der Waals surface area contributed by atoms with Crippen LogP contribution in [0.15, 0.2) is 78.9 Å². The molecule has 0 aliphatic carbocycles. The van der Waals surface area contributed by atoms with Gasteiger partial charge in [0.25, 0.3) is 0 Å². The van der Waals surface area contributed by atoms with Gasteiger partial charge in [-0.05, 0) is 41.8 Å². The Morgan fingerprint density at radius 2 is 1.63 bits per heavy atom. The second kappa shape index (κ2) is 13.4. The summed E-state index contributed by atoms with van der Waals surface area (Å²) in [5.74, 6) is -1.33. The molecule has 3 rings (SSSR count). The van der Waals surface area contributed by atoms with Gasteiger partial charge in [0.15, 0.2) is 0 Å². The fraction of sp³-hybridized carbons (Fsp3) is 0.286. The Balaban J connectivity index is 1.85. The number of anilines is 1. The number of likely N-dealkylation sites (N-methyl/N-ethyl adjacent to an activating group) is 1. The van der Waals surface area contributed by atoms with Crippen LogP contribution in [0.4, 0.5) is 10.1 Å². The van der Waals surface area contributed by atoms with E-state index in [0.717, 1.165) is 21.7 Å². The summed E-state index contributed by atoms with van der Waals surface area (Å²) in [6, 6.07) is 21.2. The van der Waals surface area contributed by atoms with Gasteiger partial charge in [-0.2, -0.15) is 0 Å². The zero-order chi connectivity index (χ0) is 27.7. The van der Waals surface area contributed by atoms with Crippen molar-refractivity contribution in [3.63, 3.8) is 0 Å². The number of rotatable bonds is 12. The van der Waals surface area contributed by atoms with Crippen LogP contribution in [0.1, 0.15) is 24.0 Å². The summed E-state index contributed by atoms with van der Waals surface area (Å²) in [7, 11) is -2.28. The Morgan fingerprint density at radius 3 is 2.26 bits per heavy atom. The minimum Gasteiger partial charge on any atom is -0.357 e. The largest absolute Gasteiger partial charge is 0.357 e. The van der Waals surface area contributed by atoms with Crippen LogP contribution in [0.25, 0.3) is 0 Å². The molecule has 2 amide bonds. The molecule has 0 heterocycles. The lowest BCUT2D eigenvalue weighted by atomic mass is 10.0. The Kier molecular flexibility index (Phi) is 10.3. The Hall–Kier alpha value is -3.43. The average molecular weight is 560 g/mol. The van der Waals surface area contributed by atoms with Crippen molar-refractivity contribution in [3.05, 3.63) is 101 Å². The maximum atomic E-state index is 14.4. The number of halogens is 2. The van der Waals surface area contributed by atoms with Crippen molar-refractivity contribution in [2.45, 2.75) is 31.8 Å². The molecule has 0 aliphatic heterocycles. The summed E-state index contributed by atoms with van der Waals surface area (Å²) < 4.78 is 40.1. The van der Waals surface area contributed by atoms with Crippen molar-refractivity contribution >= 4 is 39.1 Å². The molecule has 0 radical (unpaired) electrons. The normalized spacial score (nSPS) is 12.0. The number of nitrogens with one attached hydrogen (secondary N) is 1. The highest BCUT2D eigenvalue weighted by molar-refractivity contribution is 7.92. The molecule has 0 aliphatic rings. The number of nitrogens with zero attached hydrogens (tertiary/aromatic N) is 2. The van der Waals surface area contributed by atoms with Gasteiger partial charge in [0.05, 0.1) is 11.9 Å². The molecule has 7 nitrogen and oxygen atoms in total. The van der Waals surface area contributed by atoms with Gasteiger partial charge in [-0.1, -0.05) is 66.2 Å². The molecule has 0 fully saturated rings. The van der Waals surface area contributed by atoms with Crippen molar-refractivity contribution in [2.24, 2.45) is 0 Å². The van der Waals surface area contributed by atoms with E-state index in [1.165, 1.54) is 30.1 Å². The van der Waals surface area contributed by atoms with Gasteiger partial charge in [-0.25, -0.2) is 12.8 Å². The number of benzene rings is 3. The van der Waals surface area contributed by atoms with E-state index in [-0.39, 0.29) is 49.9 Å². The number of hydrogen-bond donors (Lipinski definition) is 1. The highest BCUT2D eigenvalue weighted by atomic mass is 35.5. The maximum Gasteiger partial charge on any atom is 0.242 e. The lowest BCUT2D eigenvalue weighted by Gasteiger charge is -2.31. The number of hydrogen-bond acceptors (Lipinski definition) is 4. The van der Waals surface area contributed by atoms with E-state index in [9.17, 15) is 22.4 Å². The van der Waals surface area contributed by atoms with Gasteiger partial charge in [-0.15, -0.1) is 0 Å². The van der Waals surface area contributed by atoms with E-state index < -0.39 is 21.9 Å². The average Bonchev–Trinajstić information content (AvgIpc) is 2.88. The lowest BCUT2D eigenvalue weighted by Crippen LogP contribution is -2.49. The zero-order valence-electron chi connectivity index (χ0n) is 21.3. The number of amides is 2. The van der Waals surface area contributed by atoms with Crippen LogP contribution >= 0.6 is 11.6 Å². The molecule has 3 aromatic rings. The second-order valence-corrected chi connectivity index (χ2v) is 11.2. The third-order valence-corrected chi connectivity index (χ3v) is 7.45. The maximum absolute atomic E-state index is 14.4. The first-order valence-corrected chi connectivity index (χ1v) is 14.3. The Labute approximate surface area is 228 Å². The summed E-state index contributed by atoms with van der Waals surface area (Å²) in [4.78, 5) is 28.1. The van der Waals surface area contributed by atoms with Gasteiger partial charge in [0.1, 0.15) is 11.9 Å². The third-order valence-electron chi connectivity index (χ3n) is 6.03. The molecule has 3 aromatic carbocycles. The molecule has 0 bridgehead atoms. The topological polar surface area (TPSA) is 86.8 Å². The molecule has 0 saturated heterocycles. The highest BCUT2D eigenvalue weighted by Crippen LogP contribution is 2.23. The molecule has 0 saturated carbocycles. The van der Waals surface area contributed by atoms with Gasteiger partial charge >= 0.3 is 0 Å². The van der Waals surface area contributed by atoms with Crippen LogP contribution in [-0.2, 0) is 32.6 Å². The van der Waals surface area contributed by atoms with Crippen molar-refractivity contribution in [1.82, 2.24) is 10.2 Å². The third kappa shape index (κ3) is 8.03. The molecule has 0 spiro atoms. The Morgan fingerprint density at radius 1 is 0.974 bits per heavy atom. The van der Waals surface area contributed by atoms with E-state index in [4.69, 9.17) is 11.6 Å². The number of carbonyl (C=O) groups excluding carboxylic acids is 2. The molecular weight excluding hydrogens is 529 g/mol. The van der Waals surface area contributed by atoms with Gasteiger partial charge in [-0.3, -0.25) is 13.9 Å². The fourth-order valence-corrected chi connectivity index (χ4v) is 5.37. The molecule has 1 N–H and O–H groups in total. The lowest BCUT2D eigenvalue weighted by molar-refractivity contribution is -0.141. The zero-order valence-corrected chi connectivity index (χ0v) is 22.9. The minimum atomic E-state index is -3.80. The molecular formula is C28H31ClFN3O4S. The summed E-state index contributed by atoms with van der Waals surface area (Å²) in [6.45, 7) is 0.0350. The highest BCUT2D eigenvalue weighted by Gasteiger charge is 2.30. The van der Waals surface area contributed by atoms with Crippen LogP contribution in [-0.4, -0.2) is 51.0 Å². The van der Waals surface area contributed by atoms with E-state index in [0.29, 0.717) is 5.02 Å². The monoisotopic (exact) mass is 559 g/mol. The van der Waals surface area contributed by atoms with E-state index >= 15 is 0 Å². The van der Waals surface area contributed by atoms with Gasteiger partial charge in [0.2, 0.25) is 21.8 Å². The van der Waals surface area contributed by atoms with Crippen LogP contribution in [0, 0.1) is 5.82 Å². The molecule has 0 aromatic heterocycles. The van der Waals surface area contributed by atoms with Gasteiger partial charge in [0, 0.05) is 38.0 Å². The second-order valence-electron chi connectivity index (χ2n) is 8.86. The van der Waals surface area contributed by atoms with Crippen molar-refractivity contribution in [2.75, 3.05) is 24.2 Å². The summed E-state index contributed by atoms with van der Waals surface area (Å²) in [5, 5.41) is 3.15. The minimum absolute atomic E-state index is 0.0523. The molecule has 1 atom stereocenters. The molecule has 10 heteroatoms. The van der Waals surface area contributed by atoms with Crippen molar-refractivity contribution in [3.8, 4) is 0 Å². The molecule has 38 heavy (non-hydrogen) atoms. The molecule has 1 unspecified atom stereocenters. The van der Waals surface area contributed by atoms with E-state index in [1.807, 2.05) is 36.4 Å². The first kappa shape index (κ1) is 29.1. The predicted molar refractivity (Wildman–Crippen MR) is 148 cm³/mol. The van der Waals surface area contributed by atoms with Gasteiger partial charge < -0.3 is 10.2 Å². The standard InChI is InChI=1S/C28H31ClFN3O4S/c1-31-28(35)26(19-21-10-4-3-5-11-21)32(20-22-12-8-13-23(29)18-22)27(34)16-9-17-33(38(2,36)37)25-15-7-6-14-24(25)30/h3-8,10-15,18,26H,9,16-17,19-20H2,1-2H3,(H,31,35). The summed E-state index contributed by atoms with van der Waals surface area (Å²) in [5.41, 5.74) is 1.55. The van der Waals surface area contributed by atoms with Crippen LogP contribution in [0.2, 0.25) is 5.02 Å².